The summed E-state index contributed by atoms with van der Waals surface area (Å²) in [6.07, 6.45) is 2.40. The van der Waals surface area contributed by atoms with Gasteiger partial charge in [-0.1, -0.05) is 12.1 Å². The third-order valence-corrected chi connectivity index (χ3v) is 1.83. The summed E-state index contributed by atoms with van der Waals surface area (Å²) in [6, 6.07) is 5.02. The van der Waals surface area contributed by atoms with Crippen LogP contribution in [0.4, 0.5) is 11.4 Å². The predicted molar refractivity (Wildman–Crippen MR) is 45.0 cm³/mol. The van der Waals surface area contributed by atoms with Crippen LogP contribution >= 0.6 is 0 Å². The number of rotatable bonds is 1. The Morgan fingerprint density at radius 3 is 3.08 bits per heavy atom. The van der Waals surface area contributed by atoms with Gasteiger partial charge in [0.2, 0.25) is 0 Å². The molecule has 1 aliphatic rings. The van der Waals surface area contributed by atoms with Crippen molar-refractivity contribution in [3.05, 3.63) is 33.9 Å². The molecule has 0 aliphatic carbocycles. The number of para-hydroxylation sites is 1. The smallest absolute Gasteiger partial charge is 0.258 e. The molecule has 1 aromatic rings. The fourth-order valence-electron chi connectivity index (χ4n) is 1.27. The van der Waals surface area contributed by atoms with Crippen LogP contribution in [0, 0.1) is 10.1 Å². The maximum atomic E-state index is 10.5. The van der Waals surface area contributed by atoms with Gasteiger partial charge in [0.1, 0.15) is 5.69 Å². The normalized spacial score (nSPS) is 13.0. The molecule has 0 fully saturated rings. The van der Waals surface area contributed by atoms with Gasteiger partial charge >= 0.3 is 0 Å². The molecule has 2 rings (SSSR count). The number of nitro groups is 1. The van der Waals surface area contributed by atoms with Crippen molar-refractivity contribution in [2.45, 2.75) is 6.42 Å². The highest BCUT2D eigenvalue weighted by molar-refractivity contribution is 5.80. The molecule has 1 aliphatic heterocycles. The van der Waals surface area contributed by atoms with E-state index in [1.165, 1.54) is 6.07 Å². The Balaban J connectivity index is 2.63. The van der Waals surface area contributed by atoms with Crippen LogP contribution in [-0.4, -0.2) is 11.1 Å². The maximum Gasteiger partial charge on any atom is 0.295 e. The number of aliphatic imine (C=N–C) groups is 1. The second-order valence-electron chi connectivity index (χ2n) is 2.56. The molecule has 60 valence electrons. The summed E-state index contributed by atoms with van der Waals surface area (Å²) in [5, 5.41) is 10.5. The standard InChI is InChI=1S/C8H6N2O2/c11-10(12)7-3-1-2-6-4-5-9-8(6)7/h1-3,5H,4H2. The lowest BCUT2D eigenvalue weighted by Crippen LogP contribution is -1.88. The zero-order valence-electron chi connectivity index (χ0n) is 6.23. The number of fused-ring (bicyclic) bond motifs is 1. The molecule has 0 bridgehead atoms. The average molecular weight is 162 g/mol. The summed E-state index contributed by atoms with van der Waals surface area (Å²) in [5.74, 6) is 0. The first-order valence-corrected chi connectivity index (χ1v) is 3.58. The molecular weight excluding hydrogens is 156 g/mol. The van der Waals surface area contributed by atoms with Crippen molar-refractivity contribution in [2.75, 3.05) is 0 Å². The van der Waals surface area contributed by atoms with Crippen LogP contribution in [0.15, 0.2) is 23.2 Å². The molecule has 0 spiro atoms. The Morgan fingerprint density at radius 2 is 2.33 bits per heavy atom. The molecule has 0 radical (unpaired) electrons. The van der Waals surface area contributed by atoms with Crippen LogP contribution in [0.1, 0.15) is 5.56 Å². The quantitative estimate of drug-likeness (QED) is 0.467. The largest absolute Gasteiger partial charge is 0.295 e. The fraction of sp³-hybridized carbons (Fsp3) is 0.125. The number of hydrogen-bond acceptors (Lipinski definition) is 3. The lowest BCUT2D eigenvalue weighted by Gasteiger charge is -1.96. The Kier molecular flexibility index (Phi) is 1.40. The monoisotopic (exact) mass is 162 g/mol. The maximum absolute atomic E-state index is 10.5. The molecule has 1 aromatic carbocycles. The minimum atomic E-state index is -0.401. The number of benzene rings is 1. The van der Waals surface area contributed by atoms with Crippen LogP contribution in [0.25, 0.3) is 0 Å². The van der Waals surface area contributed by atoms with E-state index in [2.05, 4.69) is 4.99 Å². The van der Waals surface area contributed by atoms with E-state index in [0.717, 1.165) is 5.56 Å². The van der Waals surface area contributed by atoms with Crippen LogP contribution in [-0.2, 0) is 6.42 Å². The van der Waals surface area contributed by atoms with Gasteiger partial charge in [0.25, 0.3) is 5.69 Å². The van der Waals surface area contributed by atoms with Crippen molar-refractivity contribution in [3.63, 3.8) is 0 Å². The van der Waals surface area contributed by atoms with E-state index in [1.807, 2.05) is 6.07 Å². The number of hydrogen-bond donors (Lipinski definition) is 0. The van der Waals surface area contributed by atoms with E-state index in [1.54, 1.807) is 12.3 Å². The Labute approximate surface area is 68.7 Å². The minimum absolute atomic E-state index is 0.0984. The van der Waals surface area contributed by atoms with Gasteiger partial charge in [-0.25, -0.2) is 0 Å². The van der Waals surface area contributed by atoms with Gasteiger partial charge < -0.3 is 0 Å². The highest BCUT2D eigenvalue weighted by atomic mass is 16.6. The van der Waals surface area contributed by atoms with Gasteiger partial charge in [0.15, 0.2) is 0 Å². The predicted octanol–water partition coefficient (Wildman–Crippen LogP) is 1.85. The SMILES string of the molecule is O=[N+]([O-])c1cccc2c1N=CC2. The molecule has 0 saturated carbocycles. The van der Waals surface area contributed by atoms with E-state index in [9.17, 15) is 10.1 Å². The lowest BCUT2D eigenvalue weighted by atomic mass is 10.1. The molecule has 4 heteroatoms. The van der Waals surface area contributed by atoms with Crippen molar-refractivity contribution in [3.8, 4) is 0 Å². The molecule has 0 saturated heterocycles. The van der Waals surface area contributed by atoms with E-state index in [4.69, 9.17) is 0 Å². The van der Waals surface area contributed by atoms with Crippen molar-refractivity contribution < 1.29 is 4.92 Å². The molecule has 0 N–H and O–H groups in total. The van der Waals surface area contributed by atoms with Gasteiger partial charge in [-0.3, -0.25) is 15.1 Å². The molecule has 0 unspecified atom stereocenters. The third-order valence-electron chi connectivity index (χ3n) is 1.83. The molecule has 0 aromatic heterocycles. The summed E-state index contributed by atoms with van der Waals surface area (Å²) in [5.41, 5.74) is 1.55. The van der Waals surface area contributed by atoms with Crippen LogP contribution < -0.4 is 0 Å². The van der Waals surface area contributed by atoms with Gasteiger partial charge in [-0.15, -0.1) is 0 Å². The van der Waals surface area contributed by atoms with E-state index < -0.39 is 4.92 Å². The molecule has 0 atom stereocenters. The third kappa shape index (κ3) is 0.887. The van der Waals surface area contributed by atoms with Crippen LogP contribution in [0.5, 0.6) is 0 Å². The van der Waals surface area contributed by atoms with Crippen molar-refractivity contribution >= 4 is 17.6 Å². The van der Waals surface area contributed by atoms with Gasteiger partial charge in [0.05, 0.1) is 4.92 Å². The molecule has 1 heterocycles. The first-order valence-electron chi connectivity index (χ1n) is 3.58. The first kappa shape index (κ1) is 6.97. The van der Waals surface area contributed by atoms with Gasteiger partial charge in [-0.2, -0.15) is 0 Å². The Hall–Kier alpha value is -1.71. The van der Waals surface area contributed by atoms with E-state index in [0.29, 0.717) is 12.1 Å². The second kappa shape index (κ2) is 2.41. The summed E-state index contributed by atoms with van der Waals surface area (Å²) in [6.45, 7) is 0. The second-order valence-corrected chi connectivity index (χ2v) is 2.56. The Morgan fingerprint density at radius 1 is 1.50 bits per heavy atom. The Bertz CT molecular complexity index is 371. The zero-order chi connectivity index (χ0) is 8.55. The van der Waals surface area contributed by atoms with E-state index in [-0.39, 0.29) is 5.69 Å². The zero-order valence-corrected chi connectivity index (χ0v) is 6.23. The lowest BCUT2D eigenvalue weighted by molar-refractivity contribution is -0.384. The summed E-state index contributed by atoms with van der Waals surface area (Å²) in [7, 11) is 0. The van der Waals surface area contributed by atoms with Crippen LogP contribution in [0.3, 0.4) is 0 Å². The highest BCUT2D eigenvalue weighted by Crippen LogP contribution is 2.33. The number of nitrogens with zero attached hydrogens (tertiary/aromatic N) is 2. The van der Waals surface area contributed by atoms with Crippen LogP contribution in [0.2, 0.25) is 0 Å². The average Bonchev–Trinajstić information content (AvgIpc) is 2.49. The molecule has 12 heavy (non-hydrogen) atoms. The van der Waals surface area contributed by atoms with Gasteiger partial charge in [0, 0.05) is 18.7 Å². The van der Waals surface area contributed by atoms with E-state index >= 15 is 0 Å². The summed E-state index contributed by atoms with van der Waals surface area (Å²) < 4.78 is 0. The van der Waals surface area contributed by atoms with Crippen molar-refractivity contribution in [1.29, 1.82) is 0 Å². The number of nitro benzene ring substituents is 1. The fourth-order valence-corrected chi connectivity index (χ4v) is 1.27. The minimum Gasteiger partial charge on any atom is -0.258 e. The van der Waals surface area contributed by atoms with Crippen molar-refractivity contribution in [1.82, 2.24) is 0 Å². The topological polar surface area (TPSA) is 55.5 Å². The summed E-state index contributed by atoms with van der Waals surface area (Å²) in [4.78, 5) is 14.0. The van der Waals surface area contributed by atoms with Gasteiger partial charge in [-0.05, 0) is 5.56 Å². The molecule has 0 amide bonds. The first-order chi connectivity index (χ1) is 5.79. The molecular formula is C8H6N2O2. The highest BCUT2D eigenvalue weighted by Gasteiger charge is 2.18. The summed E-state index contributed by atoms with van der Waals surface area (Å²) >= 11 is 0. The van der Waals surface area contributed by atoms with Crippen molar-refractivity contribution in [2.24, 2.45) is 4.99 Å². The molecule has 4 nitrogen and oxygen atoms in total.